The van der Waals surface area contributed by atoms with Gasteiger partial charge >= 0.3 is 6.09 Å². The maximum absolute atomic E-state index is 11.7. The summed E-state index contributed by atoms with van der Waals surface area (Å²) in [6, 6.07) is 7.60. The van der Waals surface area contributed by atoms with Crippen LogP contribution in [0.3, 0.4) is 0 Å². The van der Waals surface area contributed by atoms with Gasteiger partial charge in [0.15, 0.2) is 0 Å². The van der Waals surface area contributed by atoms with E-state index in [0.717, 1.165) is 11.3 Å². The second-order valence-corrected chi connectivity index (χ2v) is 6.21. The van der Waals surface area contributed by atoms with Gasteiger partial charge in [-0.1, -0.05) is 6.07 Å². The number of nitrogens with zero attached hydrogens (tertiary/aromatic N) is 2. The average Bonchev–Trinajstić information content (AvgIpc) is 2.48. The van der Waals surface area contributed by atoms with E-state index in [1.165, 1.54) is 0 Å². The minimum Gasteiger partial charge on any atom is -0.444 e. The molecule has 2 rings (SSSR count). The first-order valence-electron chi connectivity index (χ1n) is 7.46. The van der Waals surface area contributed by atoms with Gasteiger partial charge in [0.1, 0.15) is 11.4 Å². The van der Waals surface area contributed by atoms with E-state index < -0.39 is 11.7 Å². The van der Waals surface area contributed by atoms with Crippen molar-refractivity contribution in [2.75, 3.05) is 10.6 Å². The maximum Gasteiger partial charge on any atom is 0.413 e. The highest BCUT2D eigenvalue weighted by molar-refractivity contribution is 5.83. The fraction of sp³-hybridized carbons (Fsp3) is 0.353. The largest absolute Gasteiger partial charge is 0.444 e. The molecule has 1 atom stereocenters. The van der Waals surface area contributed by atoms with Gasteiger partial charge in [0.2, 0.25) is 0 Å². The van der Waals surface area contributed by atoms with Crippen LogP contribution >= 0.6 is 0 Å². The fourth-order valence-corrected chi connectivity index (χ4v) is 1.93. The smallest absolute Gasteiger partial charge is 0.413 e. The molecule has 2 heterocycles. The Hall–Kier alpha value is -2.63. The Balaban J connectivity index is 1.93. The highest BCUT2D eigenvalue weighted by Gasteiger charge is 2.16. The first kappa shape index (κ1) is 16.7. The maximum atomic E-state index is 11.7. The van der Waals surface area contributed by atoms with Crippen molar-refractivity contribution < 1.29 is 9.53 Å². The molecule has 6 heteroatoms. The lowest BCUT2D eigenvalue weighted by Gasteiger charge is -2.19. The summed E-state index contributed by atoms with van der Waals surface area (Å²) in [5.74, 6) is 0.443. The Morgan fingerprint density at radius 2 is 2.00 bits per heavy atom. The lowest BCUT2D eigenvalue weighted by atomic mass is 10.1. The molecule has 2 N–H and O–H groups in total. The molecule has 23 heavy (non-hydrogen) atoms. The van der Waals surface area contributed by atoms with Crippen LogP contribution in [-0.4, -0.2) is 21.7 Å². The Kier molecular flexibility index (Phi) is 5.16. The van der Waals surface area contributed by atoms with Gasteiger partial charge in [0.25, 0.3) is 0 Å². The van der Waals surface area contributed by atoms with Gasteiger partial charge in [0, 0.05) is 12.4 Å². The Morgan fingerprint density at radius 3 is 2.57 bits per heavy atom. The molecule has 0 aliphatic heterocycles. The van der Waals surface area contributed by atoms with Gasteiger partial charge in [0.05, 0.1) is 17.9 Å². The summed E-state index contributed by atoms with van der Waals surface area (Å²) in [5.41, 5.74) is 1.41. The van der Waals surface area contributed by atoms with Crippen LogP contribution in [-0.2, 0) is 4.74 Å². The molecule has 0 aromatic carbocycles. The number of aromatic nitrogens is 2. The van der Waals surface area contributed by atoms with E-state index in [1.807, 2.05) is 52.1 Å². The minimum absolute atomic E-state index is 0.107. The zero-order chi connectivity index (χ0) is 16.9. The first-order chi connectivity index (χ1) is 10.8. The lowest BCUT2D eigenvalue weighted by molar-refractivity contribution is 0.0635. The zero-order valence-corrected chi connectivity index (χ0v) is 13.8. The van der Waals surface area contributed by atoms with Crippen molar-refractivity contribution >= 4 is 17.6 Å². The summed E-state index contributed by atoms with van der Waals surface area (Å²) in [7, 11) is 0. The minimum atomic E-state index is -0.537. The first-order valence-corrected chi connectivity index (χ1v) is 7.46. The summed E-state index contributed by atoms with van der Waals surface area (Å²) in [6.07, 6.45) is 4.72. The molecule has 2 aromatic rings. The predicted molar refractivity (Wildman–Crippen MR) is 90.4 cm³/mol. The molecule has 0 spiro atoms. The number of hydrogen-bond donors (Lipinski definition) is 2. The van der Waals surface area contributed by atoms with Crippen LogP contribution in [0.5, 0.6) is 0 Å². The summed E-state index contributed by atoms with van der Waals surface area (Å²) in [4.78, 5) is 20.0. The molecule has 0 aliphatic rings. The van der Waals surface area contributed by atoms with Crippen molar-refractivity contribution in [1.82, 2.24) is 9.97 Å². The van der Waals surface area contributed by atoms with Gasteiger partial charge in [-0.2, -0.15) is 0 Å². The van der Waals surface area contributed by atoms with Crippen LogP contribution in [0, 0.1) is 0 Å². The van der Waals surface area contributed by atoms with Gasteiger partial charge in [-0.3, -0.25) is 10.3 Å². The third-order valence-corrected chi connectivity index (χ3v) is 2.96. The van der Waals surface area contributed by atoms with Gasteiger partial charge in [-0.05, 0) is 51.5 Å². The molecule has 0 aliphatic carbocycles. The topological polar surface area (TPSA) is 76.1 Å². The number of amides is 1. The third-order valence-electron chi connectivity index (χ3n) is 2.96. The Morgan fingerprint density at radius 1 is 1.22 bits per heavy atom. The standard InChI is InChI=1S/C17H22N4O2/c1-12(13-6-5-9-18-10-13)20-14-7-8-15(19-11-14)21-16(22)23-17(2,3)4/h5-12,20H,1-4H3,(H,19,21,22). The Bertz CT molecular complexity index is 636. The molecular weight excluding hydrogens is 292 g/mol. The molecule has 0 radical (unpaired) electrons. The monoisotopic (exact) mass is 314 g/mol. The van der Waals surface area contributed by atoms with Crippen molar-refractivity contribution in [3.8, 4) is 0 Å². The van der Waals surface area contributed by atoms with Gasteiger partial charge < -0.3 is 10.1 Å². The quantitative estimate of drug-likeness (QED) is 0.892. The van der Waals surface area contributed by atoms with Gasteiger partial charge in [-0.25, -0.2) is 9.78 Å². The highest BCUT2D eigenvalue weighted by atomic mass is 16.6. The van der Waals surface area contributed by atoms with E-state index >= 15 is 0 Å². The van der Waals surface area contributed by atoms with Gasteiger partial charge in [-0.15, -0.1) is 0 Å². The van der Waals surface area contributed by atoms with E-state index in [1.54, 1.807) is 18.5 Å². The van der Waals surface area contributed by atoms with Crippen LogP contribution in [0.1, 0.15) is 39.3 Å². The second-order valence-electron chi connectivity index (χ2n) is 6.21. The molecule has 6 nitrogen and oxygen atoms in total. The van der Waals surface area contributed by atoms with Crippen molar-refractivity contribution in [2.45, 2.75) is 39.3 Å². The number of carbonyl (C=O) groups is 1. The van der Waals surface area contributed by atoms with Crippen LogP contribution in [0.4, 0.5) is 16.3 Å². The van der Waals surface area contributed by atoms with E-state index in [9.17, 15) is 4.79 Å². The van der Waals surface area contributed by atoms with E-state index in [2.05, 4.69) is 20.6 Å². The fourth-order valence-electron chi connectivity index (χ4n) is 1.93. The van der Waals surface area contributed by atoms with Crippen molar-refractivity contribution in [2.24, 2.45) is 0 Å². The molecule has 0 saturated carbocycles. The normalized spacial score (nSPS) is 12.3. The predicted octanol–water partition coefficient (Wildman–Crippen LogP) is 4.00. The highest BCUT2D eigenvalue weighted by Crippen LogP contribution is 2.19. The Labute approximate surface area is 136 Å². The summed E-state index contributed by atoms with van der Waals surface area (Å²) in [6.45, 7) is 7.48. The second kappa shape index (κ2) is 7.09. The molecule has 1 amide bonds. The number of anilines is 2. The number of ether oxygens (including phenoxy) is 1. The zero-order valence-electron chi connectivity index (χ0n) is 13.8. The number of nitrogens with one attached hydrogen (secondary N) is 2. The third kappa shape index (κ3) is 5.58. The van der Waals surface area contributed by atoms with Crippen molar-refractivity contribution in [1.29, 1.82) is 0 Å². The molecule has 122 valence electrons. The summed E-state index contributed by atoms with van der Waals surface area (Å²) >= 11 is 0. The number of hydrogen-bond acceptors (Lipinski definition) is 5. The summed E-state index contributed by atoms with van der Waals surface area (Å²) in [5, 5.41) is 5.93. The SMILES string of the molecule is CC(Nc1ccc(NC(=O)OC(C)(C)C)nc1)c1cccnc1. The van der Waals surface area contributed by atoms with Crippen LogP contribution in [0.25, 0.3) is 0 Å². The molecule has 0 bridgehead atoms. The van der Waals surface area contributed by atoms with Crippen molar-refractivity contribution in [3.05, 3.63) is 48.4 Å². The van der Waals surface area contributed by atoms with Crippen LogP contribution in [0.2, 0.25) is 0 Å². The molecule has 2 aromatic heterocycles. The van der Waals surface area contributed by atoms with E-state index in [4.69, 9.17) is 4.74 Å². The number of pyridine rings is 2. The summed E-state index contributed by atoms with van der Waals surface area (Å²) < 4.78 is 5.18. The number of carbonyl (C=O) groups excluding carboxylic acids is 1. The molecule has 0 fully saturated rings. The molecule has 0 saturated heterocycles. The average molecular weight is 314 g/mol. The van der Waals surface area contributed by atoms with E-state index in [-0.39, 0.29) is 6.04 Å². The van der Waals surface area contributed by atoms with E-state index in [0.29, 0.717) is 5.82 Å². The van der Waals surface area contributed by atoms with Crippen LogP contribution < -0.4 is 10.6 Å². The lowest BCUT2D eigenvalue weighted by Crippen LogP contribution is -2.27. The van der Waals surface area contributed by atoms with Crippen molar-refractivity contribution in [3.63, 3.8) is 0 Å². The van der Waals surface area contributed by atoms with Crippen LogP contribution in [0.15, 0.2) is 42.9 Å². The number of rotatable bonds is 4. The molecule has 1 unspecified atom stereocenters. The molecular formula is C17H22N4O2.